The summed E-state index contributed by atoms with van der Waals surface area (Å²) in [7, 11) is 1.66. The van der Waals surface area contributed by atoms with Crippen LogP contribution in [0.4, 0.5) is 4.79 Å². The summed E-state index contributed by atoms with van der Waals surface area (Å²) in [4.78, 5) is 24.8. The predicted octanol–water partition coefficient (Wildman–Crippen LogP) is 2.53. The maximum absolute atomic E-state index is 11.9. The minimum Gasteiger partial charge on any atom is -0.473 e. The molecule has 1 amide bonds. The molecule has 1 aromatic rings. The topological polar surface area (TPSA) is 93.9 Å². The van der Waals surface area contributed by atoms with E-state index < -0.39 is 12.1 Å². The molecule has 8 nitrogen and oxygen atoms in total. The number of ether oxygens (including phenoxy) is 2. The average Bonchev–Trinajstić information content (AvgIpc) is 2.87. The molecule has 1 N–H and O–H groups in total. The molecule has 0 spiro atoms. The summed E-state index contributed by atoms with van der Waals surface area (Å²) < 4.78 is 12.4. The lowest BCUT2D eigenvalue weighted by Crippen LogP contribution is -2.53. The number of aryl methyl sites for hydroxylation is 1. The van der Waals surface area contributed by atoms with Crippen LogP contribution in [0.15, 0.2) is 6.07 Å². The number of piperidine rings is 1. The number of amides is 1. The van der Waals surface area contributed by atoms with Gasteiger partial charge in [0.1, 0.15) is 11.8 Å². The fourth-order valence-corrected chi connectivity index (χ4v) is 3.16. The number of hydrogen-bond donors (Lipinski definition) is 1. The summed E-state index contributed by atoms with van der Waals surface area (Å²) in [5.41, 5.74) is 0.132. The van der Waals surface area contributed by atoms with Crippen molar-refractivity contribution in [1.29, 1.82) is 0 Å². The second kappa shape index (κ2) is 7.33. The molecule has 0 aromatic carbocycles. The first-order valence-electron chi connectivity index (χ1n) is 8.50. The largest absolute Gasteiger partial charge is 0.473 e. The Balaban J connectivity index is 2.10. The summed E-state index contributed by atoms with van der Waals surface area (Å²) in [6.45, 7) is 8.52. The van der Waals surface area contributed by atoms with Crippen molar-refractivity contribution in [2.24, 2.45) is 12.5 Å². The first kappa shape index (κ1) is 19.1. The molecule has 1 aliphatic rings. The minimum atomic E-state index is -0.902. The van der Waals surface area contributed by atoms with E-state index in [1.807, 2.05) is 20.8 Å². The number of carbonyl (C=O) groups is 2. The fourth-order valence-electron chi connectivity index (χ4n) is 3.16. The van der Waals surface area contributed by atoms with Crippen LogP contribution in [-0.4, -0.2) is 57.1 Å². The lowest BCUT2D eigenvalue weighted by molar-refractivity contribution is 0.0115. The fraction of sp³-hybridized carbons (Fsp3) is 0.706. The van der Waals surface area contributed by atoms with Crippen molar-refractivity contribution in [2.75, 3.05) is 13.2 Å². The van der Waals surface area contributed by atoms with Gasteiger partial charge < -0.3 is 19.5 Å². The summed E-state index contributed by atoms with van der Waals surface area (Å²) in [6, 6.07) is 1.42. The van der Waals surface area contributed by atoms with E-state index in [-0.39, 0.29) is 17.6 Å². The van der Waals surface area contributed by atoms with E-state index in [9.17, 15) is 14.7 Å². The van der Waals surface area contributed by atoms with E-state index in [2.05, 4.69) is 5.10 Å². The average molecular weight is 353 g/mol. The number of nitrogens with zero attached hydrogens (tertiary/aromatic N) is 3. The zero-order chi connectivity index (χ0) is 18.8. The highest BCUT2D eigenvalue weighted by Gasteiger charge is 2.39. The molecular weight excluding hydrogens is 326 g/mol. The van der Waals surface area contributed by atoms with E-state index in [1.54, 1.807) is 20.0 Å². The Labute approximate surface area is 147 Å². The van der Waals surface area contributed by atoms with Crippen molar-refractivity contribution >= 4 is 12.1 Å². The second-order valence-corrected chi connectivity index (χ2v) is 7.33. The van der Waals surface area contributed by atoms with Crippen LogP contribution in [0.2, 0.25) is 0 Å². The van der Waals surface area contributed by atoms with Crippen LogP contribution >= 0.6 is 0 Å². The van der Waals surface area contributed by atoms with Crippen LogP contribution in [0.25, 0.3) is 0 Å². The molecule has 8 heteroatoms. The number of carbonyl (C=O) groups excluding carboxylic acids is 1. The third-order valence-corrected chi connectivity index (χ3v) is 4.43. The SMILES string of the molecule is CCOC(=O)c1cc(OC2CCN(C(=O)O)C(C(C)(C)C)C2)nn1C. The van der Waals surface area contributed by atoms with Crippen molar-refractivity contribution < 1.29 is 24.2 Å². The number of carboxylic acid groups (broad SMARTS) is 1. The molecule has 1 aromatic heterocycles. The molecule has 2 heterocycles. The Hall–Kier alpha value is -2.25. The molecule has 25 heavy (non-hydrogen) atoms. The number of aromatic nitrogens is 2. The van der Waals surface area contributed by atoms with Gasteiger partial charge in [0.05, 0.1) is 6.61 Å². The maximum Gasteiger partial charge on any atom is 0.407 e. The van der Waals surface area contributed by atoms with E-state index in [1.165, 1.54) is 9.58 Å². The Morgan fingerprint density at radius 1 is 1.40 bits per heavy atom. The Kier molecular flexibility index (Phi) is 5.59. The summed E-state index contributed by atoms with van der Waals surface area (Å²) >= 11 is 0. The van der Waals surface area contributed by atoms with Crippen molar-refractivity contribution in [3.05, 3.63) is 11.8 Å². The third-order valence-electron chi connectivity index (χ3n) is 4.43. The van der Waals surface area contributed by atoms with Crippen LogP contribution in [0.5, 0.6) is 5.88 Å². The normalized spacial score (nSPS) is 21.1. The van der Waals surface area contributed by atoms with E-state index in [4.69, 9.17) is 9.47 Å². The summed E-state index contributed by atoms with van der Waals surface area (Å²) in [5.74, 6) is -0.0902. The highest BCUT2D eigenvalue weighted by molar-refractivity contribution is 5.87. The molecule has 0 radical (unpaired) electrons. The molecule has 1 aliphatic heterocycles. The van der Waals surface area contributed by atoms with E-state index >= 15 is 0 Å². The zero-order valence-corrected chi connectivity index (χ0v) is 15.5. The van der Waals surface area contributed by atoms with Gasteiger partial charge in [-0.25, -0.2) is 9.59 Å². The van der Waals surface area contributed by atoms with Gasteiger partial charge in [0.2, 0.25) is 5.88 Å². The van der Waals surface area contributed by atoms with Crippen molar-refractivity contribution in [3.8, 4) is 5.88 Å². The monoisotopic (exact) mass is 353 g/mol. The molecule has 1 saturated heterocycles. The Morgan fingerprint density at radius 2 is 2.08 bits per heavy atom. The van der Waals surface area contributed by atoms with Crippen LogP contribution in [0, 0.1) is 5.41 Å². The number of rotatable bonds is 4. The first-order chi connectivity index (χ1) is 11.6. The van der Waals surface area contributed by atoms with Gasteiger partial charge in [0.25, 0.3) is 0 Å². The Morgan fingerprint density at radius 3 is 2.64 bits per heavy atom. The van der Waals surface area contributed by atoms with Gasteiger partial charge in [0, 0.05) is 38.5 Å². The number of likely N-dealkylation sites (tertiary alicyclic amines) is 1. The third kappa shape index (κ3) is 4.43. The molecule has 0 aliphatic carbocycles. The predicted molar refractivity (Wildman–Crippen MR) is 90.8 cm³/mol. The first-order valence-corrected chi connectivity index (χ1v) is 8.50. The molecule has 0 bridgehead atoms. The standard InChI is InChI=1S/C17H27N3O5/c1-6-24-15(21)12-10-14(18-19(12)5)25-11-7-8-20(16(22)23)13(9-11)17(2,3)4/h10-11,13H,6-9H2,1-5H3,(H,22,23). The molecule has 1 fully saturated rings. The highest BCUT2D eigenvalue weighted by Crippen LogP contribution is 2.33. The van der Waals surface area contributed by atoms with Gasteiger partial charge in [-0.3, -0.25) is 4.68 Å². The van der Waals surface area contributed by atoms with Crippen LogP contribution in [0.3, 0.4) is 0 Å². The molecule has 2 unspecified atom stereocenters. The van der Waals surface area contributed by atoms with Gasteiger partial charge in [-0.2, -0.15) is 0 Å². The van der Waals surface area contributed by atoms with Gasteiger partial charge in [-0.15, -0.1) is 5.10 Å². The molecule has 140 valence electrons. The quantitative estimate of drug-likeness (QED) is 0.836. The molecule has 0 saturated carbocycles. The van der Waals surface area contributed by atoms with E-state index in [0.29, 0.717) is 37.6 Å². The van der Waals surface area contributed by atoms with Gasteiger partial charge in [0.15, 0.2) is 0 Å². The van der Waals surface area contributed by atoms with Gasteiger partial charge in [-0.05, 0) is 12.3 Å². The highest BCUT2D eigenvalue weighted by atomic mass is 16.5. The Bertz CT molecular complexity index is 635. The van der Waals surface area contributed by atoms with Crippen molar-refractivity contribution in [3.63, 3.8) is 0 Å². The van der Waals surface area contributed by atoms with Crippen molar-refractivity contribution in [1.82, 2.24) is 14.7 Å². The lowest BCUT2D eigenvalue weighted by Gasteiger charge is -2.44. The van der Waals surface area contributed by atoms with Crippen LogP contribution in [0.1, 0.15) is 51.0 Å². The smallest absolute Gasteiger partial charge is 0.407 e. The molecular formula is C17H27N3O5. The van der Waals surface area contributed by atoms with Crippen LogP contribution in [-0.2, 0) is 11.8 Å². The summed E-state index contributed by atoms with van der Waals surface area (Å²) in [5, 5.41) is 13.6. The molecule has 2 rings (SSSR count). The van der Waals surface area contributed by atoms with E-state index in [0.717, 1.165) is 0 Å². The van der Waals surface area contributed by atoms with Gasteiger partial charge in [-0.1, -0.05) is 20.8 Å². The number of hydrogen-bond acceptors (Lipinski definition) is 5. The minimum absolute atomic E-state index is 0.142. The maximum atomic E-state index is 11.9. The lowest BCUT2D eigenvalue weighted by atomic mass is 9.80. The van der Waals surface area contributed by atoms with Gasteiger partial charge >= 0.3 is 12.1 Å². The zero-order valence-electron chi connectivity index (χ0n) is 15.5. The summed E-state index contributed by atoms with van der Waals surface area (Å²) in [6.07, 6.45) is 0.122. The second-order valence-electron chi connectivity index (χ2n) is 7.33. The van der Waals surface area contributed by atoms with Crippen molar-refractivity contribution in [2.45, 2.75) is 52.7 Å². The molecule has 2 atom stereocenters. The van der Waals surface area contributed by atoms with Crippen LogP contribution < -0.4 is 4.74 Å². The number of esters is 1.